The van der Waals surface area contributed by atoms with E-state index in [0.29, 0.717) is 26.2 Å². The second kappa shape index (κ2) is 7.13. The average Bonchev–Trinajstić information content (AvgIpc) is 3.27. The second-order valence-electron chi connectivity index (χ2n) is 7.06. The number of methoxy groups -OCH3 is 1. The standard InChI is InChI=1S/C17H27N5O3/c1-4-22-8-13(5-19-22)7-20(2)16(24)17-11-18-6-14(17)9-21(12-17)15(23)10-25-3/h5,8,14,18H,4,6-7,9-12H2,1-3H3/t14-,17-/m1/s1. The Kier molecular flexibility index (Phi) is 5.10. The zero-order chi connectivity index (χ0) is 18.0. The predicted octanol–water partition coefficient (Wildman–Crippen LogP) is -0.444. The Morgan fingerprint density at radius 1 is 1.52 bits per heavy atom. The largest absolute Gasteiger partial charge is 0.375 e. The number of nitrogens with one attached hydrogen (secondary N) is 1. The number of nitrogens with zero attached hydrogens (tertiary/aromatic N) is 4. The van der Waals surface area contributed by atoms with E-state index in [-0.39, 0.29) is 24.3 Å². The quantitative estimate of drug-likeness (QED) is 0.753. The van der Waals surface area contributed by atoms with Gasteiger partial charge in [-0.05, 0) is 6.92 Å². The van der Waals surface area contributed by atoms with E-state index in [1.165, 1.54) is 7.11 Å². The lowest BCUT2D eigenvalue weighted by Gasteiger charge is -2.31. The predicted molar refractivity (Wildman–Crippen MR) is 91.6 cm³/mol. The molecular formula is C17H27N5O3. The molecule has 1 N–H and O–H groups in total. The van der Waals surface area contributed by atoms with E-state index in [0.717, 1.165) is 18.7 Å². The minimum atomic E-state index is -0.529. The van der Waals surface area contributed by atoms with Crippen LogP contribution >= 0.6 is 0 Å². The Morgan fingerprint density at radius 3 is 3.00 bits per heavy atom. The highest BCUT2D eigenvalue weighted by Gasteiger charge is 2.56. The van der Waals surface area contributed by atoms with E-state index in [2.05, 4.69) is 10.4 Å². The highest BCUT2D eigenvalue weighted by Crippen LogP contribution is 2.40. The molecule has 0 spiro atoms. The molecule has 0 bridgehead atoms. The molecule has 0 saturated carbocycles. The first-order valence-corrected chi connectivity index (χ1v) is 8.74. The molecule has 3 rings (SSSR count). The Labute approximate surface area is 148 Å². The van der Waals surface area contributed by atoms with E-state index < -0.39 is 5.41 Å². The summed E-state index contributed by atoms with van der Waals surface area (Å²) in [5, 5.41) is 7.60. The van der Waals surface area contributed by atoms with E-state index in [4.69, 9.17) is 4.74 Å². The van der Waals surface area contributed by atoms with Gasteiger partial charge in [0.1, 0.15) is 6.61 Å². The van der Waals surface area contributed by atoms with Crippen molar-refractivity contribution in [1.29, 1.82) is 0 Å². The average molecular weight is 349 g/mol. The van der Waals surface area contributed by atoms with Gasteiger partial charge in [0.15, 0.2) is 0 Å². The Morgan fingerprint density at radius 2 is 2.32 bits per heavy atom. The molecule has 0 unspecified atom stereocenters. The smallest absolute Gasteiger partial charge is 0.248 e. The van der Waals surface area contributed by atoms with Crippen molar-refractivity contribution in [3.63, 3.8) is 0 Å². The van der Waals surface area contributed by atoms with Crippen LogP contribution in [0, 0.1) is 11.3 Å². The summed E-state index contributed by atoms with van der Waals surface area (Å²) < 4.78 is 6.81. The number of rotatable bonds is 6. The number of likely N-dealkylation sites (tertiary alicyclic amines) is 1. The number of ether oxygens (including phenoxy) is 1. The maximum atomic E-state index is 13.2. The van der Waals surface area contributed by atoms with Crippen molar-refractivity contribution < 1.29 is 14.3 Å². The SMILES string of the molecule is CCn1cc(CN(C)C(=O)[C@@]23CNC[C@@H]2CN(C(=O)COC)C3)cn1. The first-order chi connectivity index (χ1) is 12.0. The molecule has 0 aliphatic carbocycles. The number of hydrogen-bond donors (Lipinski definition) is 1. The molecule has 3 heterocycles. The van der Waals surface area contributed by atoms with Crippen molar-refractivity contribution in [1.82, 2.24) is 24.9 Å². The summed E-state index contributed by atoms with van der Waals surface area (Å²) in [6.07, 6.45) is 3.77. The molecule has 1 aromatic heterocycles. The van der Waals surface area contributed by atoms with Crippen LogP contribution in [-0.2, 0) is 27.4 Å². The minimum absolute atomic E-state index is 0.0454. The van der Waals surface area contributed by atoms with Crippen molar-refractivity contribution in [3.05, 3.63) is 18.0 Å². The third kappa shape index (κ3) is 3.28. The first-order valence-electron chi connectivity index (χ1n) is 8.74. The number of hydrogen-bond acceptors (Lipinski definition) is 5. The van der Waals surface area contributed by atoms with Crippen molar-refractivity contribution in [3.8, 4) is 0 Å². The number of aryl methyl sites for hydroxylation is 1. The minimum Gasteiger partial charge on any atom is -0.375 e. The van der Waals surface area contributed by atoms with E-state index in [1.54, 1.807) is 16.0 Å². The van der Waals surface area contributed by atoms with E-state index in [9.17, 15) is 9.59 Å². The van der Waals surface area contributed by atoms with Crippen LogP contribution in [0.2, 0.25) is 0 Å². The highest BCUT2D eigenvalue weighted by molar-refractivity contribution is 5.86. The van der Waals surface area contributed by atoms with E-state index in [1.807, 2.05) is 24.9 Å². The topological polar surface area (TPSA) is 79.7 Å². The van der Waals surface area contributed by atoms with Gasteiger partial charge in [0.2, 0.25) is 11.8 Å². The summed E-state index contributed by atoms with van der Waals surface area (Å²) in [5.74, 6) is 0.206. The van der Waals surface area contributed by atoms with Gasteiger partial charge in [-0.2, -0.15) is 5.10 Å². The molecule has 2 saturated heterocycles. The highest BCUT2D eigenvalue weighted by atomic mass is 16.5. The summed E-state index contributed by atoms with van der Waals surface area (Å²) >= 11 is 0. The number of aromatic nitrogens is 2. The molecule has 2 fully saturated rings. The van der Waals surface area contributed by atoms with Crippen LogP contribution in [0.25, 0.3) is 0 Å². The van der Waals surface area contributed by atoms with Gasteiger partial charge in [-0.25, -0.2) is 0 Å². The normalized spacial score (nSPS) is 25.2. The third-order valence-corrected chi connectivity index (χ3v) is 5.35. The van der Waals surface area contributed by atoms with Crippen LogP contribution < -0.4 is 5.32 Å². The molecule has 2 atom stereocenters. The number of amides is 2. The molecule has 2 aliphatic rings. The van der Waals surface area contributed by atoms with Crippen LogP contribution in [0.1, 0.15) is 12.5 Å². The van der Waals surface area contributed by atoms with Gasteiger partial charge in [-0.15, -0.1) is 0 Å². The lowest BCUT2D eigenvalue weighted by Crippen LogP contribution is -2.48. The second-order valence-corrected chi connectivity index (χ2v) is 7.06. The lowest BCUT2D eigenvalue weighted by atomic mass is 9.79. The number of fused-ring (bicyclic) bond motifs is 1. The number of carbonyl (C=O) groups is 2. The van der Waals surface area contributed by atoms with Crippen LogP contribution in [0.3, 0.4) is 0 Å². The lowest BCUT2D eigenvalue weighted by molar-refractivity contribution is -0.142. The van der Waals surface area contributed by atoms with Gasteiger partial charge in [0.05, 0.1) is 11.6 Å². The fraction of sp³-hybridized carbons (Fsp3) is 0.706. The van der Waals surface area contributed by atoms with Crippen molar-refractivity contribution in [2.24, 2.45) is 11.3 Å². The monoisotopic (exact) mass is 349 g/mol. The molecule has 2 amide bonds. The molecule has 2 aliphatic heterocycles. The summed E-state index contributed by atoms with van der Waals surface area (Å²) in [4.78, 5) is 29.0. The fourth-order valence-corrected chi connectivity index (χ4v) is 4.01. The molecule has 138 valence electrons. The Hall–Kier alpha value is -1.93. The van der Waals surface area contributed by atoms with Gasteiger partial charge in [0.25, 0.3) is 0 Å². The molecular weight excluding hydrogens is 322 g/mol. The molecule has 8 nitrogen and oxygen atoms in total. The number of carbonyl (C=O) groups excluding carboxylic acids is 2. The van der Waals surface area contributed by atoms with Crippen LogP contribution in [0.4, 0.5) is 0 Å². The van der Waals surface area contributed by atoms with Crippen molar-refractivity contribution in [2.45, 2.75) is 20.0 Å². The Balaban J connectivity index is 1.71. The fourth-order valence-electron chi connectivity index (χ4n) is 4.01. The maximum Gasteiger partial charge on any atom is 0.248 e. The van der Waals surface area contributed by atoms with Gasteiger partial charge >= 0.3 is 0 Å². The molecule has 0 aromatic carbocycles. The maximum absolute atomic E-state index is 13.2. The van der Waals surface area contributed by atoms with Crippen LogP contribution in [-0.4, -0.2) is 78.3 Å². The molecule has 1 aromatic rings. The summed E-state index contributed by atoms with van der Waals surface area (Å²) in [6, 6.07) is 0. The van der Waals surface area contributed by atoms with Crippen molar-refractivity contribution in [2.75, 3.05) is 46.9 Å². The van der Waals surface area contributed by atoms with Gasteiger partial charge in [0, 0.05) is 71.1 Å². The van der Waals surface area contributed by atoms with Gasteiger partial charge < -0.3 is 19.9 Å². The summed E-state index contributed by atoms with van der Waals surface area (Å²) in [5.41, 5.74) is 0.487. The summed E-state index contributed by atoms with van der Waals surface area (Å²) in [7, 11) is 3.34. The zero-order valence-electron chi connectivity index (χ0n) is 15.2. The van der Waals surface area contributed by atoms with Crippen LogP contribution in [0.5, 0.6) is 0 Å². The zero-order valence-corrected chi connectivity index (χ0v) is 15.2. The van der Waals surface area contributed by atoms with Gasteiger partial charge in [-0.1, -0.05) is 0 Å². The van der Waals surface area contributed by atoms with Crippen LogP contribution in [0.15, 0.2) is 12.4 Å². The summed E-state index contributed by atoms with van der Waals surface area (Å²) in [6.45, 7) is 5.90. The molecule has 8 heteroatoms. The first kappa shape index (κ1) is 17.9. The van der Waals surface area contributed by atoms with E-state index >= 15 is 0 Å². The van der Waals surface area contributed by atoms with Crippen molar-refractivity contribution >= 4 is 11.8 Å². The third-order valence-electron chi connectivity index (χ3n) is 5.35. The van der Waals surface area contributed by atoms with Gasteiger partial charge in [-0.3, -0.25) is 14.3 Å². The molecule has 25 heavy (non-hydrogen) atoms. The molecule has 0 radical (unpaired) electrons. The Bertz CT molecular complexity index is 646.